The molecule has 16 heavy (non-hydrogen) atoms. The summed E-state index contributed by atoms with van der Waals surface area (Å²) in [5.74, 6) is -0.00757. The van der Waals surface area contributed by atoms with Gasteiger partial charge in [0.15, 0.2) is 11.4 Å². The van der Waals surface area contributed by atoms with Gasteiger partial charge in [0.2, 0.25) is 0 Å². The molecule has 2 aliphatic carbocycles. The summed E-state index contributed by atoms with van der Waals surface area (Å²) < 4.78 is 19.1. The number of alkyl halides is 1. The van der Waals surface area contributed by atoms with Crippen LogP contribution in [0.4, 0.5) is 4.39 Å². The normalized spacial score (nSPS) is 32.9. The zero-order valence-corrected chi connectivity index (χ0v) is 9.84. The number of halogens is 1. The molecule has 2 aliphatic rings. The highest BCUT2D eigenvalue weighted by Gasteiger charge is 2.43. The second-order valence-corrected chi connectivity index (χ2v) is 5.14. The summed E-state index contributed by atoms with van der Waals surface area (Å²) in [5.41, 5.74) is -1.07. The maximum Gasteiger partial charge on any atom is 0.167 e. The van der Waals surface area contributed by atoms with Crippen molar-refractivity contribution >= 4 is 5.78 Å². The molecule has 2 rings (SSSR count). The summed E-state index contributed by atoms with van der Waals surface area (Å²) in [7, 11) is 0. The molecule has 0 spiro atoms. The Morgan fingerprint density at radius 3 is 2.56 bits per heavy atom. The second kappa shape index (κ2) is 5.26. The fourth-order valence-corrected chi connectivity index (χ4v) is 2.86. The number of carbonyl (C=O) groups excluding carboxylic acids is 1. The van der Waals surface area contributed by atoms with Gasteiger partial charge in [-0.1, -0.05) is 19.3 Å². The van der Waals surface area contributed by atoms with E-state index in [1.807, 2.05) is 0 Å². The SMILES string of the molecule is O=C1CCCCC1(CF)OC1CCCCC1. The third-order valence-corrected chi connectivity index (χ3v) is 3.90. The topological polar surface area (TPSA) is 26.3 Å². The summed E-state index contributed by atoms with van der Waals surface area (Å²) in [5, 5.41) is 0. The van der Waals surface area contributed by atoms with E-state index in [9.17, 15) is 9.18 Å². The Bertz CT molecular complexity index is 248. The third kappa shape index (κ3) is 2.45. The van der Waals surface area contributed by atoms with Gasteiger partial charge in [-0.3, -0.25) is 4.79 Å². The molecule has 0 aromatic rings. The molecule has 0 radical (unpaired) electrons. The first-order valence-electron chi connectivity index (χ1n) is 6.54. The van der Waals surface area contributed by atoms with Crippen LogP contribution < -0.4 is 0 Å². The number of rotatable bonds is 3. The average Bonchev–Trinajstić information content (AvgIpc) is 2.34. The maximum absolute atomic E-state index is 13.2. The molecule has 92 valence electrons. The molecule has 0 aromatic carbocycles. The van der Waals surface area contributed by atoms with Gasteiger partial charge in [-0.05, 0) is 32.1 Å². The van der Waals surface area contributed by atoms with E-state index in [0.717, 1.165) is 38.5 Å². The standard InChI is InChI=1S/C13H21FO2/c14-10-13(9-5-4-8-12(13)15)16-11-6-2-1-3-7-11/h11H,1-10H2. The number of hydrogen-bond acceptors (Lipinski definition) is 2. The first-order valence-corrected chi connectivity index (χ1v) is 6.54. The Balaban J connectivity index is 1.99. The highest BCUT2D eigenvalue weighted by Crippen LogP contribution is 2.33. The Labute approximate surface area is 96.5 Å². The van der Waals surface area contributed by atoms with Gasteiger partial charge in [-0.2, -0.15) is 0 Å². The van der Waals surface area contributed by atoms with Gasteiger partial charge in [0.05, 0.1) is 6.10 Å². The molecule has 2 fully saturated rings. The van der Waals surface area contributed by atoms with Crippen LogP contribution in [-0.2, 0) is 9.53 Å². The van der Waals surface area contributed by atoms with Gasteiger partial charge in [-0.25, -0.2) is 4.39 Å². The van der Waals surface area contributed by atoms with Crippen molar-refractivity contribution < 1.29 is 13.9 Å². The average molecular weight is 228 g/mol. The zero-order chi connectivity index (χ0) is 11.4. The smallest absolute Gasteiger partial charge is 0.167 e. The Hall–Kier alpha value is -0.440. The minimum Gasteiger partial charge on any atom is -0.361 e. The largest absolute Gasteiger partial charge is 0.361 e. The van der Waals surface area contributed by atoms with E-state index in [4.69, 9.17) is 4.74 Å². The quantitative estimate of drug-likeness (QED) is 0.741. The molecule has 0 bridgehead atoms. The van der Waals surface area contributed by atoms with E-state index < -0.39 is 12.3 Å². The van der Waals surface area contributed by atoms with Crippen molar-refractivity contribution in [2.45, 2.75) is 69.5 Å². The molecule has 2 nitrogen and oxygen atoms in total. The van der Waals surface area contributed by atoms with Gasteiger partial charge in [0.25, 0.3) is 0 Å². The molecule has 1 atom stereocenters. The lowest BCUT2D eigenvalue weighted by molar-refractivity contribution is -0.165. The highest BCUT2D eigenvalue weighted by atomic mass is 19.1. The van der Waals surface area contributed by atoms with Gasteiger partial charge in [0, 0.05) is 6.42 Å². The minimum atomic E-state index is -1.07. The van der Waals surface area contributed by atoms with Crippen molar-refractivity contribution in [3.8, 4) is 0 Å². The van der Waals surface area contributed by atoms with Crippen molar-refractivity contribution in [3.63, 3.8) is 0 Å². The molecule has 2 saturated carbocycles. The number of hydrogen-bond donors (Lipinski definition) is 0. The summed E-state index contributed by atoms with van der Waals surface area (Å²) >= 11 is 0. The predicted octanol–water partition coefficient (Wildman–Crippen LogP) is 3.19. The summed E-state index contributed by atoms with van der Waals surface area (Å²) in [6.07, 6.45) is 8.56. The van der Waals surface area contributed by atoms with E-state index in [1.54, 1.807) is 0 Å². The van der Waals surface area contributed by atoms with Gasteiger partial charge in [-0.15, -0.1) is 0 Å². The number of Topliss-reactive ketones (excluding diaryl/α,β-unsaturated/α-hetero) is 1. The molecule has 0 aromatic heterocycles. The van der Waals surface area contributed by atoms with Crippen LogP contribution in [0.5, 0.6) is 0 Å². The first kappa shape index (κ1) is 12.0. The number of carbonyl (C=O) groups is 1. The van der Waals surface area contributed by atoms with Crippen molar-refractivity contribution in [2.75, 3.05) is 6.67 Å². The molecule has 0 saturated heterocycles. The molecule has 0 N–H and O–H groups in total. The molecule has 0 aliphatic heterocycles. The van der Waals surface area contributed by atoms with Crippen LogP contribution in [0.25, 0.3) is 0 Å². The van der Waals surface area contributed by atoms with Crippen molar-refractivity contribution in [1.82, 2.24) is 0 Å². The second-order valence-electron chi connectivity index (χ2n) is 5.14. The van der Waals surface area contributed by atoms with E-state index in [2.05, 4.69) is 0 Å². The zero-order valence-electron chi connectivity index (χ0n) is 9.84. The fraction of sp³-hybridized carbons (Fsp3) is 0.923. The van der Waals surface area contributed by atoms with Crippen LogP contribution in [-0.4, -0.2) is 24.2 Å². The monoisotopic (exact) mass is 228 g/mol. The van der Waals surface area contributed by atoms with Crippen LogP contribution in [0.1, 0.15) is 57.8 Å². The number of ether oxygens (including phenoxy) is 1. The van der Waals surface area contributed by atoms with Crippen LogP contribution in [0, 0.1) is 0 Å². The summed E-state index contributed by atoms with van der Waals surface area (Å²) in [4.78, 5) is 11.9. The van der Waals surface area contributed by atoms with E-state index in [1.165, 1.54) is 6.42 Å². The minimum absolute atomic E-state index is 0.00757. The maximum atomic E-state index is 13.2. The van der Waals surface area contributed by atoms with E-state index in [0.29, 0.717) is 12.8 Å². The highest BCUT2D eigenvalue weighted by molar-refractivity contribution is 5.88. The molecular weight excluding hydrogens is 207 g/mol. The molecule has 3 heteroatoms. The summed E-state index contributed by atoms with van der Waals surface area (Å²) in [6.45, 7) is -0.637. The van der Waals surface area contributed by atoms with E-state index in [-0.39, 0.29) is 11.9 Å². The third-order valence-electron chi connectivity index (χ3n) is 3.90. The lowest BCUT2D eigenvalue weighted by Gasteiger charge is -2.37. The van der Waals surface area contributed by atoms with Crippen molar-refractivity contribution in [2.24, 2.45) is 0 Å². The van der Waals surface area contributed by atoms with Crippen molar-refractivity contribution in [1.29, 1.82) is 0 Å². The van der Waals surface area contributed by atoms with Crippen LogP contribution in [0.3, 0.4) is 0 Å². The summed E-state index contributed by atoms with van der Waals surface area (Å²) in [6, 6.07) is 0. The lowest BCUT2D eigenvalue weighted by atomic mass is 9.83. The Morgan fingerprint density at radius 2 is 1.94 bits per heavy atom. The Kier molecular flexibility index (Phi) is 3.95. The van der Waals surface area contributed by atoms with Crippen LogP contribution >= 0.6 is 0 Å². The molecule has 0 heterocycles. The molecule has 0 amide bonds. The Morgan fingerprint density at radius 1 is 1.19 bits per heavy atom. The van der Waals surface area contributed by atoms with Crippen molar-refractivity contribution in [3.05, 3.63) is 0 Å². The number of ketones is 1. The van der Waals surface area contributed by atoms with Crippen LogP contribution in [0.15, 0.2) is 0 Å². The van der Waals surface area contributed by atoms with Gasteiger partial charge >= 0.3 is 0 Å². The fourth-order valence-electron chi connectivity index (χ4n) is 2.86. The van der Waals surface area contributed by atoms with Gasteiger partial charge < -0.3 is 4.74 Å². The molecule has 1 unspecified atom stereocenters. The predicted molar refractivity (Wildman–Crippen MR) is 60.1 cm³/mol. The van der Waals surface area contributed by atoms with E-state index >= 15 is 0 Å². The van der Waals surface area contributed by atoms with Gasteiger partial charge in [0.1, 0.15) is 6.67 Å². The van der Waals surface area contributed by atoms with Crippen LogP contribution in [0.2, 0.25) is 0 Å². The first-order chi connectivity index (χ1) is 7.77. The molecular formula is C13H21FO2. The lowest BCUT2D eigenvalue weighted by Crippen LogP contribution is -2.48.